The summed E-state index contributed by atoms with van der Waals surface area (Å²) in [7, 11) is 0. The van der Waals surface area contributed by atoms with Crippen LogP contribution in [0.5, 0.6) is 0 Å². The van der Waals surface area contributed by atoms with Crippen molar-refractivity contribution in [2.75, 3.05) is 10.6 Å². The molecule has 0 bridgehead atoms. The molecule has 0 radical (unpaired) electrons. The van der Waals surface area contributed by atoms with Gasteiger partial charge in [0.2, 0.25) is 5.91 Å². The van der Waals surface area contributed by atoms with E-state index in [-0.39, 0.29) is 11.8 Å². The maximum absolute atomic E-state index is 12.5. The summed E-state index contributed by atoms with van der Waals surface area (Å²) in [6.45, 7) is 7.54. The maximum Gasteiger partial charge on any atom is 0.256 e. The molecule has 4 nitrogen and oxygen atoms in total. The summed E-state index contributed by atoms with van der Waals surface area (Å²) < 4.78 is 0.935. The molecule has 2 N–H and O–H groups in total. The lowest BCUT2D eigenvalue weighted by Gasteiger charge is -2.18. The van der Waals surface area contributed by atoms with Gasteiger partial charge in [0, 0.05) is 20.4 Å². The van der Waals surface area contributed by atoms with Crippen molar-refractivity contribution in [3.8, 4) is 0 Å². The van der Waals surface area contributed by atoms with Crippen LogP contribution < -0.4 is 10.6 Å². The van der Waals surface area contributed by atoms with Crippen LogP contribution >= 0.6 is 22.6 Å². The van der Waals surface area contributed by atoms with Gasteiger partial charge in [0.15, 0.2) is 0 Å². The minimum absolute atomic E-state index is 0.0702. The van der Waals surface area contributed by atoms with Crippen molar-refractivity contribution in [2.45, 2.75) is 27.7 Å². The van der Waals surface area contributed by atoms with E-state index in [0.29, 0.717) is 16.9 Å². The third kappa shape index (κ3) is 4.56. The van der Waals surface area contributed by atoms with Gasteiger partial charge in [0.25, 0.3) is 5.91 Å². The van der Waals surface area contributed by atoms with Crippen LogP contribution in [0.25, 0.3) is 0 Å². The lowest BCUT2D eigenvalue weighted by Crippen LogP contribution is -2.27. The molecule has 0 unspecified atom stereocenters. The smallest absolute Gasteiger partial charge is 0.256 e. The zero-order valence-electron chi connectivity index (χ0n) is 14.2. The van der Waals surface area contributed by atoms with Crippen molar-refractivity contribution in [1.29, 1.82) is 0 Å². The number of hydrogen-bond donors (Lipinski definition) is 2. The van der Waals surface area contributed by atoms with Crippen LogP contribution in [0.2, 0.25) is 0 Å². The zero-order chi connectivity index (χ0) is 17.9. The molecule has 0 saturated heterocycles. The molecule has 0 spiro atoms. The first-order valence-electron chi connectivity index (χ1n) is 7.66. The van der Waals surface area contributed by atoms with E-state index in [1.54, 1.807) is 30.3 Å². The van der Waals surface area contributed by atoms with Gasteiger partial charge in [0.05, 0.1) is 5.56 Å². The van der Waals surface area contributed by atoms with E-state index >= 15 is 0 Å². The first-order valence-corrected chi connectivity index (χ1v) is 8.74. The molecular weight excluding hydrogens is 415 g/mol. The molecule has 0 aromatic heterocycles. The molecule has 2 rings (SSSR count). The number of nitrogens with one attached hydrogen (secondary N) is 2. The number of carbonyl (C=O) groups excluding carboxylic acids is 2. The van der Waals surface area contributed by atoms with Crippen LogP contribution in [0.3, 0.4) is 0 Å². The van der Waals surface area contributed by atoms with E-state index in [4.69, 9.17) is 0 Å². The molecule has 0 aliphatic rings. The van der Waals surface area contributed by atoms with Crippen molar-refractivity contribution >= 4 is 45.8 Å². The summed E-state index contributed by atoms with van der Waals surface area (Å²) >= 11 is 2.18. The third-order valence-corrected chi connectivity index (χ3v) is 4.93. The Morgan fingerprint density at radius 3 is 2.17 bits per heavy atom. The lowest BCUT2D eigenvalue weighted by molar-refractivity contribution is -0.123. The number of halogens is 1. The minimum atomic E-state index is -0.475. The number of rotatable bonds is 3. The van der Waals surface area contributed by atoms with Crippen LogP contribution in [0.15, 0.2) is 42.5 Å². The van der Waals surface area contributed by atoms with Crippen LogP contribution in [0.1, 0.15) is 36.7 Å². The molecule has 2 aromatic carbocycles. The summed E-state index contributed by atoms with van der Waals surface area (Å²) in [4.78, 5) is 24.5. The fourth-order valence-electron chi connectivity index (χ4n) is 2.01. The number of anilines is 2. The highest BCUT2D eigenvalue weighted by Gasteiger charge is 2.21. The van der Waals surface area contributed by atoms with Gasteiger partial charge < -0.3 is 10.6 Å². The summed E-state index contributed by atoms with van der Waals surface area (Å²) in [6.07, 6.45) is 0. The highest BCUT2D eigenvalue weighted by molar-refractivity contribution is 14.1. The van der Waals surface area contributed by atoms with E-state index in [1.165, 1.54) is 0 Å². The average Bonchev–Trinajstić information content (AvgIpc) is 2.49. The Kier molecular flexibility index (Phi) is 5.64. The summed E-state index contributed by atoms with van der Waals surface area (Å²) in [5, 5.41) is 5.75. The molecule has 126 valence electrons. The summed E-state index contributed by atoms with van der Waals surface area (Å²) in [6, 6.07) is 12.8. The normalized spacial score (nSPS) is 11.0. The average molecular weight is 436 g/mol. The fraction of sp³-hybridized carbons (Fsp3) is 0.263. The lowest BCUT2D eigenvalue weighted by atomic mass is 9.95. The summed E-state index contributed by atoms with van der Waals surface area (Å²) in [5.41, 5.74) is 2.53. The second kappa shape index (κ2) is 7.34. The molecule has 2 aromatic rings. The first-order chi connectivity index (χ1) is 11.2. The van der Waals surface area contributed by atoms with Gasteiger partial charge in [-0.25, -0.2) is 0 Å². The Morgan fingerprint density at radius 2 is 1.54 bits per heavy atom. The van der Waals surface area contributed by atoms with E-state index in [1.807, 2.05) is 39.8 Å². The van der Waals surface area contributed by atoms with E-state index in [9.17, 15) is 9.59 Å². The van der Waals surface area contributed by atoms with Crippen molar-refractivity contribution in [3.05, 3.63) is 57.2 Å². The molecular formula is C19H21IN2O2. The molecule has 24 heavy (non-hydrogen) atoms. The Bertz CT molecular complexity index is 779. The predicted molar refractivity (Wildman–Crippen MR) is 106 cm³/mol. The van der Waals surface area contributed by atoms with E-state index in [0.717, 1.165) is 9.13 Å². The van der Waals surface area contributed by atoms with Gasteiger partial charge in [0.1, 0.15) is 0 Å². The number of hydrogen-bond acceptors (Lipinski definition) is 2. The maximum atomic E-state index is 12.5. The van der Waals surface area contributed by atoms with E-state index in [2.05, 4.69) is 33.2 Å². The van der Waals surface area contributed by atoms with Gasteiger partial charge in [-0.1, -0.05) is 39.0 Å². The van der Waals surface area contributed by atoms with Gasteiger partial charge in [-0.05, 0) is 59.3 Å². The molecule has 5 heteroatoms. The monoisotopic (exact) mass is 436 g/mol. The zero-order valence-corrected chi connectivity index (χ0v) is 16.4. The summed E-state index contributed by atoms with van der Waals surface area (Å²) in [5.74, 6) is -0.235. The SMILES string of the molecule is Cc1cccc(C(=O)Nc2cccc(NC(=O)C(C)(C)C)c2)c1I. The second-order valence-corrected chi connectivity index (χ2v) is 7.75. The van der Waals surface area contributed by atoms with Crippen molar-refractivity contribution in [2.24, 2.45) is 5.41 Å². The quantitative estimate of drug-likeness (QED) is 0.677. The number of carbonyl (C=O) groups is 2. The molecule has 0 aliphatic heterocycles. The minimum Gasteiger partial charge on any atom is -0.326 e. The van der Waals surface area contributed by atoms with Crippen molar-refractivity contribution in [3.63, 3.8) is 0 Å². The van der Waals surface area contributed by atoms with Crippen molar-refractivity contribution < 1.29 is 9.59 Å². The Balaban J connectivity index is 2.16. The first kappa shape index (κ1) is 18.4. The van der Waals surface area contributed by atoms with Gasteiger partial charge >= 0.3 is 0 Å². The van der Waals surface area contributed by atoms with Gasteiger partial charge in [-0.3, -0.25) is 9.59 Å². The Morgan fingerprint density at radius 1 is 0.958 bits per heavy atom. The second-order valence-electron chi connectivity index (χ2n) is 6.68. The van der Waals surface area contributed by atoms with Crippen LogP contribution in [-0.2, 0) is 4.79 Å². The molecule has 0 fully saturated rings. The van der Waals surface area contributed by atoms with Crippen LogP contribution in [-0.4, -0.2) is 11.8 Å². The largest absolute Gasteiger partial charge is 0.326 e. The van der Waals surface area contributed by atoms with Crippen LogP contribution in [0.4, 0.5) is 11.4 Å². The molecule has 0 atom stereocenters. The van der Waals surface area contributed by atoms with Gasteiger partial charge in [-0.2, -0.15) is 0 Å². The number of amides is 2. The standard InChI is InChI=1S/C19H21IN2O2/c1-12-7-5-10-15(16(12)20)17(23)21-13-8-6-9-14(11-13)22-18(24)19(2,3)4/h5-11H,1-4H3,(H,21,23)(H,22,24). The van der Waals surface area contributed by atoms with Crippen LogP contribution in [0, 0.1) is 15.9 Å². The fourth-order valence-corrected chi connectivity index (χ4v) is 2.62. The molecule has 0 heterocycles. The predicted octanol–water partition coefficient (Wildman–Crippen LogP) is 4.84. The topological polar surface area (TPSA) is 58.2 Å². The highest BCUT2D eigenvalue weighted by Crippen LogP contribution is 2.22. The molecule has 0 saturated carbocycles. The third-order valence-electron chi connectivity index (χ3n) is 3.50. The molecule has 2 amide bonds. The number of benzene rings is 2. The number of aryl methyl sites for hydroxylation is 1. The highest BCUT2D eigenvalue weighted by atomic mass is 127. The van der Waals surface area contributed by atoms with E-state index < -0.39 is 5.41 Å². The van der Waals surface area contributed by atoms with Crippen molar-refractivity contribution in [1.82, 2.24) is 0 Å². The Labute approximate surface area is 156 Å². The van der Waals surface area contributed by atoms with Gasteiger partial charge in [-0.15, -0.1) is 0 Å². The molecule has 0 aliphatic carbocycles. The Hall–Kier alpha value is -1.89.